The minimum atomic E-state index is -0.475. The first kappa shape index (κ1) is 20.7. The van der Waals surface area contributed by atoms with Gasteiger partial charge in [0.1, 0.15) is 16.2 Å². The lowest BCUT2D eigenvalue weighted by molar-refractivity contribution is -0.120. The molecule has 5 rings (SSSR count). The normalized spacial score (nSPS) is 20.7. The summed E-state index contributed by atoms with van der Waals surface area (Å²) >= 11 is 1.29. The van der Waals surface area contributed by atoms with Crippen molar-refractivity contribution in [3.8, 4) is 0 Å². The third-order valence-electron chi connectivity index (χ3n) is 6.57. The molecule has 0 spiro atoms. The fourth-order valence-corrected chi connectivity index (χ4v) is 5.39. The van der Waals surface area contributed by atoms with Crippen molar-refractivity contribution in [3.63, 3.8) is 0 Å². The maximum absolute atomic E-state index is 12.8. The van der Waals surface area contributed by atoms with E-state index in [2.05, 4.69) is 20.3 Å². The number of H-pyrrole nitrogens is 1. The van der Waals surface area contributed by atoms with Gasteiger partial charge in [-0.15, -0.1) is 0 Å². The van der Waals surface area contributed by atoms with E-state index < -0.39 is 16.5 Å². The van der Waals surface area contributed by atoms with Crippen LogP contribution >= 0.6 is 11.8 Å². The molecule has 31 heavy (non-hydrogen) atoms. The maximum atomic E-state index is 12.8. The number of aromatic nitrogens is 4. The maximum Gasteiger partial charge on any atom is 0.330 e. The van der Waals surface area contributed by atoms with Crippen LogP contribution in [0.4, 0.5) is 0 Å². The molecular weight excluding hydrogens is 414 g/mol. The Bertz CT molecular complexity index is 1110. The molecule has 0 saturated heterocycles. The molecule has 9 heteroatoms. The Kier molecular flexibility index (Phi) is 5.62. The van der Waals surface area contributed by atoms with E-state index >= 15 is 0 Å². The molecular formula is C22H29N5O3S. The van der Waals surface area contributed by atoms with E-state index in [4.69, 9.17) is 0 Å². The number of amides is 1. The Labute approximate surface area is 184 Å². The molecule has 8 nitrogen and oxygen atoms in total. The van der Waals surface area contributed by atoms with Gasteiger partial charge in [0.25, 0.3) is 5.56 Å². The highest BCUT2D eigenvalue weighted by Crippen LogP contribution is 2.41. The van der Waals surface area contributed by atoms with Crippen molar-refractivity contribution in [2.75, 3.05) is 6.54 Å². The lowest BCUT2D eigenvalue weighted by atomic mass is 9.89. The molecule has 0 aromatic carbocycles. The Hall–Kier alpha value is -2.16. The first-order chi connectivity index (χ1) is 15.0. The van der Waals surface area contributed by atoms with Gasteiger partial charge < -0.3 is 5.32 Å². The summed E-state index contributed by atoms with van der Waals surface area (Å²) in [5, 5.41) is 3.52. The Morgan fingerprint density at radius 1 is 1.13 bits per heavy atom. The summed E-state index contributed by atoms with van der Waals surface area (Å²) in [5.41, 5.74) is -0.461. The average molecular weight is 444 g/mol. The van der Waals surface area contributed by atoms with E-state index in [1.165, 1.54) is 43.9 Å². The fraction of sp³-hybridized carbons (Fsp3) is 0.682. The van der Waals surface area contributed by atoms with Crippen LogP contribution in [0.2, 0.25) is 0 Å². The molecule has 3 aliphatic rings. The van der Waals surface area contributed by atoms with Gasteiger partial charge in [0.05, 0.1) is 5.25 Å². The molecule has 0 bridgehead atoms. The number of nitrogens with zero attached hydrogens (tertiary/aromatic N) is 3. The van der Waals surface area contributed by atoms with Crippen molar-refractivity contribution in [1.29, 1.82) is 0 Å². The van der Waals surface area contributed by atoms with Gasteiger partial charge in [0, 0.05) is 18.5 Å². The third-order valence-corrected chi connectivity index (χ3v) is 7.66. The molecule has 3 saturated carbocycles. The second-order valence-corrected chi connectivity index (χ2v) is 10.6. The molecule has 0 unspecified atom stereocenters. The summed E-state index contributed by atoms with van der Waals surface area (Å²) in [5.74, 6) is 1.49. The Balaban J connectivity index is 1.43. The van der Waals surface area contributed by atoms with Crippen LogP contribution in [0.3, 0.4) is 0 Å². The van der Waals surface area contributed by atoms with Crippen LogP contribution in [0.5, 0.6) is 0 Å². The highest BCUT2D eigenvalue weighted by Gasteiger charge is 2.33. The molecule has 0 radical (unpaired) electrons. The van der Waals surface area contributed by atoms with E-state index in [0.717, 1.165) is 25.7 Å². The number of aromatic amines is 1. The summed E-state index contributed by atoms with van der Waals surface area (Å²) in [4.78, 5) is 49.8. The van der Waals surface area contributed by atoms with Gasteiger partial charge >= 0.3 is 5.69 Å². The Morgan fingerprint density at radius 3 is 2.55 bits per heavy atom. The van der Waals surface area contributed by atoms with Crippen molar-refractivity contribution in [2.24, 2.45) is 5.92 Å². The van der Waals surface area contributed by atoms with Crippen LogP contribution in [0.1, 0.15) is 82.5 Å². The van der Waals surface area contributed by atoms with Crippen LogP contribution in [0.25, 0.3) is 11.0 Å². The van der Waals surface area contributed by atoms with Gasteiger partial charge in [-0.05, 0) is 51.4 Å². The summed E-state index contributed by atoms with van der Waals surface area (Å²) in [6, 6.07) is 0.0860. The van der Waals surface area contributed by atoms with E-state index in [1.54, 1.807) is 4.57 Å². The van der Waals surface area contributed by atoms with Gasteiger partial charge in [-0.2, -0.15) is 0 Å². The van der Waals surface area contributed by atoms with Crippen LogP contribution < -0.4 is 16.6 Å². The number of nitrogens with one attached hydrogen (secondary N) is 2. The van der Waals surface area contributed by atoms with Crippen molar-refractivity contribution < 1.29 is 4.79 Å². The lowest BCUT2D eigenvalue weighted by Gasteiger charge is -2.22. The lowest BCUT2D eigenvalue weighted by Crippen LogP contribution is -2.35. The minimum Gasteiger partial charge on any atom is -0.355 e. The van der Waals surface area contributed by atoms with E-state index in [1.807, 2.05) is 6.92 Å². The number of hydrogen-bond acceptors (Lipinski definition) is 6. The quantitative estimate of drug-likeness (QED) is 0.503. The molecule has 1 amide bonds. The van der Waals surface area contributed by atoms with Crippen molar-refractivity contribution in [2.45, 2.75) is 86.9 Å². The van der Waals surface area contributed by atoms with Crippen LogP contribution in [-0.4, -0.2) is 37.2 Å². The number of hydrogen-bond donors (Lipinski definition) is 2. The topological polar surface area (TPSA) is 110 Å². The Morgan fingerprint density at radius 2 is 1.87 bits per heavy atom. The van der Waals surface area contributed by atoms with Gasteiger partial charge in [-0.3, -0.25) is 19.1 Å². The number of carbonyl (C=O) groups excluding carboxylic acids is 1. The summed E-state index contributed by atoms with van der Waals surface area (Å²) in [6.07, 6.45) is 9.99. The van der Waals surface area contributed by atoms with Gasteiger partial charge in [0.2, 0.25) is 5.91 Å². The molecule has 2 aromatic rings. The number of fused-ring (bicyclic) bond motifs is 1. The first-order valence-electron chi connectivity index (χ1n) is 11.5. The second-order valence-electron chi connectivity index (χ2n) is 9.23. The minimum absolute atomic E-state index is 0.0396. The molecule has 2 heterocycles. The summed E-state index contributed by atoms with van der Waals surface area (Å²) < 4.78 is 1.61. The van der Waals surface area contributed by atoms with Crippen molar-refractivity contribution in [3.05, 3.63) is 26.7 Å². The number of rotatable bonds is 7. The second kappa shape index (κ2) is 8.41. The van der Waals surface area contributed by atoms with Gasteiger partial charge in [0.15, 0.2) is 5.65 Å². The van der Waals surface area contributed by atoms with Crippen molar-refractivity contribution >= 4 is 28.7 Å². The SMILES string of the molecule is C[C@H](Sc1nc(C2CC2)nc2c1c(=O)[nH]c(=O)n2C1CC1)C(=O)NCC1CCCCC1. The molecule has 1 atom stereocenters. The molecule has 0 aliphatic heterocycles. The zero-order chi connectivity index (χ0) is 21.5. The average Bonchev–Trinajstić information content (AvgIpc) is 3.65. The first-order valence-corrected chi connectivity index (χ1v) is 12.4. The largest absolute Gasteiger partial charge is 0.355 e. The standard InChI is InChI=1S/C22H29N5O3S/c1-12(19(28)23-11-13-5-3-2-4-6-13)31-21-16-18(24-17(25-21)14-7-8-14)27(15-9-10-15)22(30)26-20(16)29/h12-15H,2-11H2,1H3,(H,23,28)(H,26,29,30)/t12-/m0/s1. The summed E-state index contributed by atoms with van der Waals surface area (Å²) in [6.45, 7) is 2.56. The smallest absolute Gasteiger partial charge is 0.330 e. The zero-order valence-corrected chi connectivity index (χ0v) is 18.7. The highest BCUT2D eigenvalue weighted by atomic mass is 32.2. The molecule has 3 fully saturated rings. The van der Waals surface area contributed by atoms with Gasteiger partial charge in [-0.1, -0.05) is 31.0 Å². The highest BCUT2D eigenvalue weighted by molar-refractivity contribution is 8.00. The zero-order valence-electron chi connectivity index (χ0n) is 17.9. The molecule has 166 valence electrons. The predicted molar refractivity (Wildman–Crippen MR) is 120 cm³/mol. The van der Waals surface area contributed by atoms with Crippen LogP contribution in [0, 0.1) is 5.92 Å². The van der Waals surface area contributed by atoms with Crippen molar-refractivity contribution in [1.82, 2.24) is 24.8 Å². The predicted octanol–water partition coefficient (Wildman–Crippen LogP) is 2.87. The van der Waals surface area contributed by atoms with E-state index in [9.17, 15) is 14.4 Å². The third kappa shape index (κ3) is 4.42. The van der Waals surface area contributed by atoms with Crippen LogP contribution in [-0.2, 0) is 4.79 Å². The summed E-state index contributed by atoms with van der Waals surface area (Å²) in [7, 11) is 0. The molecule has 2 aromatic heterocycles. The number of thioether (sulfide) groups is 1. The molecule has 2 N–H and O–H groups in total. The van der Waals surface area contributed by atoms with E-state index in [-0.39, 0.29) is 17.9 Å². The van der Waals surface area contributed by atoms with Crippen LogP contribution in [0.15, 0.2) is 14.6 Å². The monoisotopic (exact) mass is 443 g/mol. The molecule has 3 aliphatic carbocycles. The fourth-order valence-electron chi connectivity index (χ4n) is 4.42. The van der Waals surface area contributed by atoms with Gasteiger partial charge in [-0.25, -0.2) is 14.8 Å². The number of carbonyl (C=O) groups is 1. The van der Waals surface area contributed by atoms with E-state index in [0.29, 0.717) is 34.3 Å².